The average molecular weight is 558 g/mol. The van der Waals surface area contributed by atoms with Crippen molar-refractivity contribution in [2.75, 3.05) is 43.0 Å². The van der Waals surface area contributed by atoms with E-state index >= 15 is 0 Å². The molecule has 5 rings (SSSR count). The van der Waals surface area contributed by atoms with Crippen LogP contribution in [0, 0.1) is 6.92 Å². The number of aliphatic hydroxyl groups is 1. The Hall–Kier alpha value is -3.57. The van der Waals surface area contributed by atoms with Crippen LogP contribution in [0.1, 0.15) is 37.5 Å². The van der Waals surface area contributed by atoms with Crippen LogP contribution in [0.5, 0.6) is 0 Å². The number of carbonyl (C=O) groups excluding carboxylic acids is 1. The monoisotopic (exact) mass is 557 g/mol. The maximum atomic E-state index is 14.5. The minimum absolute atomic E-state index is 0.0376. The number of nitrogens with zero attached hydrogens (tertiary/aromatic N) is 5. The molecule has 214 valence electrons. The molecule has 1 amide bonds. The van der Waals surface area contributed by atoms with Gasteiger partial charge in [-0.2, -0.15) is 13.2 Å². The van der Waals surface area contributed by atoms with E-state index in [4.69, 9.17) is 4.74 Å². The van der Waals surface area contributed by atoms with Crippen LogP contribution in [0.4, 0.5) is 35.0 Å². The molecule has 11 heteroatoms. The zero-order valence-electron chi connectivity index (χ0n) is 23.3. The number of amides is 1. The van der Waals surface area contributed by atoms with Gasteiger partial charge < -0.3 is 24.5 Å². The molecule has 0 aliphatic carbocycles. The van der Waals surface area contributed by atoms with E-state index in [0.29, 0.717) is 17.7 Å². The molecule has 0 spiro atoms. The first-order valence-corrected chi connectivity index (χ1v) is 13.2. The lowest BCUT2D eigenvalue weighted by atomic mass is 10.0. The molecule has 1 N–H and O–H groups in total. The molecular formula is C29H34F3N5O3. The highest BCUT2D eigenvalue weighted by Crippen LogP contribution is 2.44. The van der Waals surface area contributed by atoms with Gasteiger partial charge in [0.05, 0.1) is 16.8 Å². The molecule has 2 aromatic carbocycles. The van der Waals surface area contributed by atoms with E-state index in [1.165, 1.54) is 11.0 Å². The number of pyridine rings is 1. The Morgan fingerprint density at radius 1 is 1.05 bits per heavy atom. The summed E-state index contributed by atoms with van der Waals surface area (Å²) < 4.78 is 48.9. The predicted octanol–water partition coefficient (Wildman–Crippen LogP) is 5.48. The van der Waals surface area contributed by atoms with Gasteiger partial charge in [-0.1, -0.05) is 11.6 Å². The smallest absolute Gasteiger partial charge is 0.418 e. The Labute approximate surface area is 231 Å². The first kappa shape index (κ1) is 28.0. The van der Waals surface area contributed by atoms with E-state index in [1.54, 1.807) is 54.8 Å². The summed E-state index contributed by atoms with van der Waals surface area (Å²) in [5.74, 6) is 0. The molecule has 0 saturated carbocycles. The first-order valence-electron chi connectivity index (χ1n) is 13.2. The molecular weight excluding hydrogens is 523 g/mol. The summed E-state index contributed by atoms with van der Waals surface area (Å²) in [6.07, 6.45) is -4.58. The second kappa shape index (κ2) is 10.1. The Bertz CT molecular complexity index is 1430. The van der Waals surface area contributed by atoms with Crippen LogP contribution < -0.4 is 9.80 Å². The van der Waals surface area contributed by atoms with Gasteiger partial charge in [0.2, 0.25) is 0 Å². The van der Waals surface area contributed by atoms with Crippen molar-refractivity contribution in [3.05, 3.63) is 59.3 Å². The van der Waals surface area contributed by atoms with Gasteiger partial charge in [0, 0.05) is 61.2 Å². The fourth-order valence-electron chi connectivity index (χ4n) is 5.29. The molecule has 40 heavy (non-hydrogen) atoms. The van der Waals surface area contributed by atoms with Crippen LogP contribution in [-0.2, 0) is 17.5 Å². The Balaban J connectivity index is 1.51. The van der Waals surface area contributed by atoms with Crippen molar-refractivity contribution in [3.63, 3.8) is 0 Å². The van der Waals surface area contributed by atoms with Crippen LogP contribution in [0.15, 0.2) is 42.6 Å². The number of fused-ring (bicyclic) bond motifs is 3. The molecule has 3 aromatic rings. The zero-order valence-corrected chi connectivity index (χ0v) is 23.3. The molecule has 1 atom stereocenters. The van der Waals surface area contributed by atoms with Crippen molar-refractivity contribution in [2.24, 2.45) is 0 Å². The Morgan fingerprint density at radius 3 is 2.40 bits per heavy atom. The molecule has 2 aliphatic heterocycles. The van der Waals surface area contributed by atoms with E-state index in [-0.39, 0.29) is 37.6 Å². The number of anilines is 3. The lowest BCUT2D eigenvalue weighted by molar-refractivity contribution is -0.137. The summed E-state index contributed by atoms with van der Waals surface area (Å²) in [5.41, 5.74) is 1.93. The zero-order chi connectivity index (χ0) is 29.0. The Kier molecular flexibility index (Phi) is 7.08. The van der Waals surface area contributed by atoms with E-state index in [2.05, 4.69) is 4.98 Å². The number of aliphatic hydroxyl groups excluding tert-OH is 1. The second-order valence-corrected chi connectivity index (χ2v) is 11.4. The number of piperazine rings is 1. The van der Waals surface area contributed by atoms with Gasteiger partial charge in [0.25, 0.3) is 0 Å². The topological polar surface area (TPSA) is 72.4 Å². The minimum atomic E-state index is -4.64. The summed E-state index contributed by atoms with van der Waals surface area (Å²) in [5, 5.41) is 12.0. The molecule has 1 saturated heterocycles. The number of aromatic nitrogens is 1. The van der Waals surface area contributed by atoms with E-state index in [0.717, 1.165) is 22.6 Å². The van der Waals surface area contributed by atoms with Gasteiger partial charge in [0.15, 0.2) is 6.35 Å². The van der Waals surface area contributed by atoms with Crippen molar-refractivity contribution in [2.45, 2.75) is 52.4 Å². The van der Waals surface area contributed by atoms with Crippen LogP contribution >= 0.6 is 0 Å². The summed E-state index contributed by atoms with van der Waals surface area (Å²) in [7, 11) is 1.71. The van der Waals surface area contributed by atoms with Crippen molar-refractivity contribution < 1.29 is 27.8 Å². The van der Waals surface area contributed by atoms with Crippen LogP contribution in [0.2, 0.25) is 0 Å². The second-order valence-electron chi connectivity index (χ2n) is 11.4. The molecule has 0 bridgehead atoms. The summed E-state index contributed by atoms with van der Waals surface area (Å²) in [4.78, 5) is 23.3. The SMILES string of the molecule is Cc1ccc2ncc3c(c2c1)N(c1ccc(N2CCN(C(=O)OC(C)(C)C)CC2)c(C(F)(F)F)c1)C(O)N(C)C3. The summed E-state index contributed by atoms with van der Waals surface area (Å²) >= 11 is 0. The maximum absolute atomic E-state index is 14.5. The third-order valence-electron chi connectivity index (χ3n) is 7.19. The van der Waals surface area contributed by atoms with Crippen molar-refractivity contribution >= 4 is 34.1 Å². The average Bonchev–Trinajstić information content (AvgIpc) is 2.88. The largest absolute Gasteiger partial charge is 0.444 e. The normalized spacial score (nSPS) is 18.7. The molecule has 0 radical (unpaired) electrons. The number of ether oxygens (including phenoxy) is 1. The highest BCUT2D eigenvalue weighted by atomic mass is 19.4. The summed E-state index contributed by atoms with van der Waals surface area (Å²) in [6, 6.07) is 9.90. The first-order chi connectivity index (χ1) is 18.7. The highest BCUT2D eigenvalue weighted by Gasteiger charge is 2.39. The van der Waals surface area contributed by atoms with Crippen LogP contribution in [-0.4, -0.2) is 71.2 Å². The van der Waals surface area contributed by atoms with Crippen LogP contribution in [0.25, 0.3) is 10.9 Å². The quantitative estimate of drug-likeness (QED) is 0.448. The van der Waals surface area contributed by atoms with E-state index in [9.17, 15) is 23.1 Å². The fraction of sp³-hybridized carbons (Fsp3) is 0.448. The van der Waals surface area contributed by atoms with Crippen molar-refractivity contribution in [1.82, 2.24) is 14.8 Å². The number of aryl methyl sites for hydroxylation is 1. The molecule has 1 unspecified atom stereocenters. The molecule has 2 aliphatic rings. The number of rotatable bonds is 2. The number of hydrogen-bond acceptors (Lipinski definition) is 7. The summed E-state index contributed by atoms with van der Waals surface area (Å²) in [6.45, 7) is 8.61. The van der Waals surface area contributed by atoms with Crippen LogP contribution in [0.3, 0.4) is 0 Å². The minimum Gasteiger partial charge on any atom is -0.444 e. The van der Waals surface area contributed by atoms with Gasteiger partial charge in [-0.05, 0) is 65.1 Å². The maximum Gasteiger partial charge on any atom is 0.418 e. The van der Waals surface area contributed by atoms with Gasteiger partial charge in [-0.25, -0.2) is 4.79 Å². The lowest BCUT2D eigenvalue weighted by Crippen LogP contribution is -2.50. The number of alkyl halides is 3. The fourth-order valence-corrected chi connectivity index (χ4v) is 5.29. The van der Waals surface area contributed by atoms with Gasteiger partial charge >= 0.3 is 12.3 Å². The lowest BCUT2D eigenvalue weighted by Gasteiger charge is -2.42. The third kappa shape index (κ3) is 5.40. The third-order valence-corrected chi connectivity index (χ3v) is 7.19. The van der Waals surface area contributed by atoms with E-state index < -0.39 is 29.8 Å². The van der Waals surface area contributed by atoms with Gasteiger partial charge in [0.1, 0.15) is 5.60 Å². The van der Waals surface area contributed by atoms with Crippen molar-refractivity contribution in [1.29, 1.82) is 0 Å². The van der Waals surface area contributed by atoms with E-state index in [1.807, 2.05) is 25.1 Å². The number of halogens is 3. The predicted molar refractivity (Wildman–Crippen MR) is 148 cm³/mol. The standard InChI is InChI=1S/C29H34F3N5O3/c1-18-6-8-23-21(14-18)25-19(16-33-23)17-34(5)26(38)37(25)20-7-9-24(22(15-20)29(30,31)32)35-10-12-36(13-11-35)27(39)40-28(2,3)4/h6-9,14-16,26,38H,10-13,17H2,1-5H3. The van der Waals surface area contributed by atoms with Gasteiger partial charge in [-0.3, -0.25) is 9.88 Å². The molecule has 1 fully saturated rings. The number of hydrogen-bond donors (Lipinski definition) is 1. The Morgan fingerprint density at radius 2 is 1.75 bits per heavy atom. The van der Waals surface area contributed by atoms with Gasteiger partial charge in [-0.15, -0.1) is 0 Å². The number of carbonyl (C=O) groups is 1. The molecule has 3 heterocycles. The number of benzene rings is 2. The highest BCUT2D eigenvalue weighted by molar-refractivity contribution is 5.96. The van der Waals surface area contributed by atoms with Crippen molar-refractivity contribution in [3.8, 4) is 0 Å². The molecule has 1 aromatic heterocycles. The molecule has 8 nitrogen and oxygen atoms in total.